The van der Waals surface area contributed by atoms with Crippen LogP contribution in [-0.2, 0) is 9.53 Å². The van der Waals surface area contributed by atoms with E-state index in [0.717, 1.165) is 19.3 Å². The van der Waals surface area contributed by atoms with Crippen molar-refractivity contribution < 1.29 is 19.7 Å². The van der Waals surface area contributed by atoms with E-state index in [2.05, 4.69) is 0 Å². The van der Waals surface area contributed by atoms with E-state index in [4.69, 9.17) is 4.74 Å². The first-order valence-corrected chi connectivity index (χ1v) is 5.67. The van der Waals surface area contributed by atoms with E-state index in [1.807, 2.05) is 0 Å². The minimum Gasteiger partial charge on any atom is -0.466 e. The molecule has 1 rings (SSSR count). The second-order valence-electron chi connectivity index (χ2n) is 4.07. The Morgan fingerprint density at radius 1 is 1.33 bits per heavy atom. The van der Waals surface area contributed by atoms with Crippen LogP contribution in [0.25, 0.3) is 0 Å². The van der Waals surface area contributed by atoms with Gasteiger partial charge >= 0.3 is 5.97 Å². The van der Waals surface area contributed by atoms with Crippen LogP contribution in [0.2, 0.25) is 0 Å². The molecule has 15 heavy (non-hydrogen) atoms. The molecule has 0 amide bonds. The maximum absolute atomic E-state index is 11.1. The molecule has 2 N–H and O–H groups in total. The van der Waals surface area contributed by atoms with Crippen molar-refractivity contribution in [3.8, 4) is 0 Å². The highest BCUT2D eigenvalue weighted by molar-refractivity contribution is 5.69. The number of carbonyl (C=O) groups is 1. The van der Waals surface area contributed by atoms with E-state index in [0.29, 0.717) is 13.0 Å². The molecule has 88 valence electrons. The van der Waals surface area contributed by atoms with Crippen LogP contribution in [-0.4, -0.2) is 35.0 Å². The summed E-state index contributed by atoms with van der Waals surface area (Å²) in [7, 11) is 0. The van der Waals surface area contributed by atoms with Gasteiger partial charge in [-0.05, 0) is 32.6 Å². The quantitative estimate of drug-likeness (QED) is 0.684. The van der Waals surface area contributed by atoms with Crippen LogP contribution in [0.1, 0.15) is 39.0 Å². The molecule has 4 nitrogen and oxygen atoms in total. The average Bonchev–Trinajstić information content (AvgIpc) is 2.17. The highest BCUT2D eigenvalue weighted by atomic mass is 16.5. The number of hydrogen-bond donors (Lipinski definition) is 2. The molecule has 2 unspecified atom stereocenters. The Morgan fingerprint density at radius 2 is 1.93 bits per heavy atom. The highest BCUT2D eigenvalue weighted by Crippen LogP contribution is 2.28. The van der Waals surface area contributed by atoms with Crippen molar-refractivity contribution in [2.24, 2.45) is 5.92 Å². The van der Waals surface area contributed by atoms with Gasteiger partial charge in [0.25, 0.3) is 0 Å². The van der Waals surface area contributed by atoms with Crippen molar-refractivity contribution in [3.63, 3.8) is 0 Å². The maximum Gasteiger partial charge on any atom is 0.305 e. The zero-order valence-corrected chi connectivity index (χ0v) is 9.19. The standard InChI is InChI=1S/C11H20O4/c1-2-15-11(14)7-6-8-9(12)4-3-5-10(8)13/h8-10,12-13H,2-7H2,1H3. The second kappa shape index (κ2) is 6.08. The third kappa shape index (κ3) is 3.80. The molecule has 0 heterocycles. The number of esters is 1. The Bertz CT molecular complexity index is 195. The summed E-state index contributed by atoms with van der Waals surface area (Å²) in [5.41, 5.74) is 0. The van der Waals surface area contributed by atoms with Gasteiger partial charge in [-0.3, -0.25) is 4.79 Å². The smallest absolute Gasteiger partial charge is 0.305 e. The van der Waals surface area contributed by atoms with Gasteiger partial charge in [-0.2, -0.15) is 0 Å². The van der Waals surface area contributed by atoms with Gasteiger partial charge in [-0.1, -0.05) is 0 Å². The summed E-state index contributed by atoms with van der Waals surface area (Å²) in [5.74, 6) is -0.411. The molecular formula is C11H20O4. The zero-order chi connectivity index (χ0) is 11.3. The normalized spacial score (nSPS) is 31.3. The summed E-state index contributed by atoms with van der Waals surface area (Å²) in [6.45, 7) is 2.15. The number of ether oxygens (including phenoxy) is 1. The monoisotopic (exact) mass is 216 g/mol. The SMILES string of the molecule is CCOC(=O)CCC1C(O)CCCC1O. The van der Waals surface area contributed by atoms with Crippen molar-refractivity contribution in [2.75, 3.05) is 6.61 Å². The summed E-state index contributed by atoms with van der Waals surface area (Å²) in [5, 5.41) is 19.3. The Balaban J connectivity index is 2.32. The Hall–Kier alpha value is -0.610. The van der Waals surface area contributed by atoms with E-state index < -0.39 is 12.2 Å². The van der Waals surface area contributed by atoms with Crippen molar-refractivity contribution >= 4 is 5.97 Å². The van der Waals surface area contributed by atoms with E-state index in [9.17, 15) is 15.0 Å². The van der Waals surface area contributed by atoms with Gasteiger partial charge in [-0.15, -0.1) is 0 Å². The predicted octanol–water partition coefficient (Wildman–Crippen LogP) is 0.852. The van der Waals surface area contributed by atoms with Gasteiger partial charge in [0.1, 0.15) is 0 Å². The van der Waals surface area contributed by atoms with E-state index >= 15 is 0 Å². The number of rotatable bonds is 4. The average molecular weight is 216 g/mol. The lowest BCUT2D eigenvalue weighted by atomic mass is 9.81. The Morgan fingerprint density at radius 3 is 2.47 bits per heavy atom. The first-order chi connectivity index (χ1) is 7.15. The minimum atomic E-state index is -0.469. The molecular weight excluding hydrogens is 196 g/mol. The highest BCUT2D eigenvalue weighted by Gasteiger charge is 2.30. The molecule has 1 aliphatic carbocycles. The Labute approximate surface area is 90.2 Å². The molecule has 2 atom stereocenters. The summed E-state index contributed by atoms with van der Waals surface area (Å²) in [6, 6.07) is 0. The van der Waals surface area contributed by atoms with E-state index in [1.165, 1.54) is 0 Å². The van der Waals surface area contributed by atoms with E-state index in [-0.39, 0.29) is 18.3 Å². The number of carbonyl (C=O) groups excluding carboxylic acids is 1. The van der Waals surface area contributed by atoms with Crippen LogP contribution in [0, 0.1) is 5.92 Å². The van der Waals surface area contributed by atoms with Crippen molar-refractivity contribution in [3.05, 3.63) is 0 Å². The number of hydrogen-bond acceptors (Lipinski definition) is 4. The summed E-state index contributed by atoms with van der Waals surface area (Å²) < 4.78 is 4.80. The van der Waals surface area contributed by atoms with E-state index in [1.54, 1.807) is 6.92 Å². The van der Waals surface area contributed by atoms with Crippen molar-refractivity contribution in [2.45, 2.75) is 51.2 Å². The van der Waals surface area contributed by atoms with Crippen LogP contribution < -0.4 is 0 Å². The largest absolute Gasteiger partial charge is 0.466 e. The zero-order valence-electron chi connectivity index (χ0n) is 9.19. The third-order valence-electron chi connectivity index (χ3n) is 2.98. The van der Waals surface area contributed by atoms with Crippen LogP contribution in [0.5, 0.6) is 0 Å². The molecule has 1 saturated carbocycles. The summed E-state index contributed by atoms with van der Waals surface area (Å²) in [4.78, 5) is 11.1. The summed E-state index contributed by atoms with van der Waals surface area (Å²) >= 11 is 0. The Kier molecular flexibility index (Phi) is 5.05. The molecule has 1 aliphatic rings. The first kappa shape index (κ1) is 12.5. The molecule has 0 aromatic rings. The predicted molar refractivity (Wildman–Crippen MR) is 55.2 cm³/mol. The molecule has 1 fully saturated rings. The molecule has 0 aromatic heterocycles. The van der Waals surface area contributed by atoms with Gasteiger partial charge in [-0.25, -0.2) is 0 Å². The molecule has 0 radical (unpaired) electrons. The lowest BCUT2D eigenvalue weighted by Gasteiger charge is -2.32. The lowest BCUT2D eigenvalue weighted by molar-refractivity contribution is -0.144. The van der Waals surface area contributed by atoms with Crippen LogP contribution >= 0.6 is 0 Å². The van der Waals surface area contributed by atoms with Crippen LogP contribution in [0.4, 0.5) is 0 Å². The van der Waals surface area contributed by atoms with Crippen molar-refractivity contribution in [1.82, 2.24) is 0 Å². The molecule has 0 bridgehead atoms. The summed E-state index contributed by atoms with van der Waals surface area (Å²) in [6.07, 6.45) is 2.17. The third-order valence-corrected chi connectivity index (χ3v) is 2.98. The molecule has 0 aromatic carbocycles. The first-order valence-electron chi connectivity index (χ1n) is 5.67. The van der Waals surface area contributed by atoms with Crippen LogP contribution in [0.15, 0.2) is 0 Å². The second-order valence-corrected chi connectivity index (χ2v) is 4.07. The van der Waals surface area contributed by atoms with Gasteiger partial charge in [0.2, 0.25) is 0 Å². The van der Waals surface area contributed by atoms with Gasteiger partial charge in [0.05, 0.1) is 18.8 Å². The van der Waals surface area contributed by atoms with Gasteiger partial charge in [0.15, 0.2) is 0 Å². The molecule has 4 heteroatoms. The fourth-order valence-electron chi connectivity index (χ4n) is 2.12. The molecule has 0 saturated heterocycles. The minimum absolute atomic E-state index is 0.164. The van der Waals surface area contributed by atoms with Gasteiger partial charge in [0, 0.05) is 12.3 Å². The number of aliphatic hydroxyl groups is 2. The lowest BCUT2D eigenvalue weighted by Crippen LogP contribution is -2.36. The number of aliphatic hydroxyl groups excluding tert-OH is 2. The topological polar surface area (TPSA) is 66.8 Å². The molecule has 0 spiro atoms. The van der Waals surface area contributed by atoms with Crippen LogP contribution in [0.3, 0.4) is 0 Å². The maximum atomic E-state index is 11.1. The van der Waals surface area contributed by atoms with Crippen molar-refractivity contribution in [1.29, 1.82) is 0 Å². The fourth-order valence-corrected chi connectivity index (χ4v) is 2.12. The fraction of sp³-hybridized carbons (Fsp3) is 0.909. The molecule has 0 aliphatic heterocycles. The van der Waals surface area contributed by atoms with Gasteiger partial charge < -0.3 is 14.9 Å².